The molecule has 0 saturated heterocycles. The first-order valence-corrected chi connectivity index (χ1v) is 12.2. The van der Waals surface area contributed by atoms with Gasteiger partial charge in [0.25, 0.3) is 0 Å². The van der Waals surface area contributed by atoms with Crippen LogP contribution < -0.4 is 20.7 Å². The summed E-state index contributed by atoms with van der Waals surface area (Å²) in [5.74, 6) is 1.34. The van der Waals surface area contributed by atoms with E-state index in [2.05, 4.69) is 19.1 Å². The van der Waals surface area contributed by atoms with Crippen molar-refractivity contribution in [1.29, 1.82) is 0 Å². The Morgan fingerprint density at radius 3 is 2.28 bits per heavy atom. The summed E-state index contributed by atoms with van der Waals surface area (Å²) in [4.78, 5) is 18.9. The highest BCUT2D eigenvalue weighted by Gasteiger charge is 2.23. The number of rotatable bonds is 8. The molecule has 1 aromatic heterocycles. The third kappa shape index (κ3) is 4.83. The van der Waals surface area contributed by atoms with Crippen molar-refractivity contribution in [3.8, 4) is 22.8 Å². The predicted octanol–water partition coefficient (Wildman–Crippen LogP) is 4.06. The van der Waals surface area contributed by atoms with Gasteiger partial charge in [-0.25, -0.2) is 9.79 Å². The van der Waals surface area contributed by atoms with Crippen molar-refractivity contribution in [1.82, 2.24) is 9.13 Å². The number of methoxy groups -OCH3 is 3. The van der Waals surface area contributed by atoms with E-state index < -0.39 is 6.29 Å². The first kappa shape index (κ1) is 25.7. The zero-order valence-electron chi connectivity index (χ0n) is 22.2. The van der Waals surface area contributed by atoms with Crippen molar-refractivity contribution >= 4 is 5.69 Å². The molecular formula is C28H35N3O5. The molecule has 2 aromatic carbocycles. The first-order chi connectivity index (χ1) is 17.3. The Morgan fingerprint density at radius 2 is 1.67 bits per heavy atom. The molecule has 36 heavy (non-hydrogen) atoms. The van der Waals surface area contributed by atoms with Crippen LogP contribution in [0.2, 0.25) is 0 Å². The molecule has 0 radical (unpaired) electrons. The summed E-state index contributed by atoms with van der Waals surface area (Å²) in [6.45, 7) is 9.40. The van der Waals surface area contributed by atoms with Crippen molar-refractivity contribution in [2.75, 3.05) is 27.9 Å². The quantitative estimate of drug-likeness (QED) is 0.443. The fraction of sp³-hybridized carbons (Fsp3) is 0.429. The largest absolute Gasteiger partial charge is 0.493 e. The van der Waals surface area contributed by atoms with Gasteiger partial charge < -0.3 is 18.9 Å². The van der Waals surface area contributed by atoms with E-state index >= 15 is 0 Å². The number of hydrogen-bond donors (Lipinski definition) is 0. The highest BCUT2D eigenvalue weighted by Crippen LogP contribution is 2.37. The second-order valence-corrected chi connectivity index (χ2v) is 9.04. The van der Waals surface area contributed by atoms with Crippen LogP contribution in [0.1, 0.15) is 29.2 Å². The lowest BCUT2D eigenvalue weighted by molar-refractivity contribution is -0.112. The molecule has 0 saturated carbocycles. The molecule has 0 atom stereocenters. The maximum atomic E-state index is 13.8. The Labute approximate surface area is 211 Å². The number of aromatic nitrogens is 2. The molecule has 8 nitrogen and oxygen atoms in total. The van der Waals surface area contributed by atoms with Crippen LogP contribution in [-0.2, 0) is 29.0 Å². The average Bonchev–Trinajstić information content (AvgIpc) is 2.85. The smallest absolute Gasteiger partial charge is 0.330 e. The standard InChI is InChI=1S/C28H35N3O5/c1-8-36-24-13-20-9-10-30-22(21(20)14-23(24)33-5)15-25(31(28(30)32)16-26(34-6)35-7)29-27-18(3)11-17(2)12-19(27)4/h11-15,26H,8-10,16H2,1-7H3. The van der Waals surface area contributed by atoms with Crippen molar-refractivity contribution in [2.45, 2.75) is 53.5 Å². The molecule has 2 heterocycles. The molecule has 0 amide bonds. The molecule has 4 rings (SSSR count). The molecule has 0 aliphatic carbocycles. The van der Waals surface area contributed by atoms with Crippen LogP contribution in [0.3, 0.4) is 0 Å². The van der Waals surface area contributed by atoms with Crippen molar-refractivity contribution in [3.63, 3.8) is 0 Å². The van der Waals surface area contributed by atoms with Crippen LogP contribution in [0.25, 0.3) is 11.3 Å². The maximum absolute atomic E-state index is 13.8. The average molecular weight is 494 g/mol. The van der Waals surface area contributed by atoms with E-state index in [1.807, 2.05) is 39.0 Å². The summed E-state index contributed by atoms with van der Waals surface area (Å²) in [5, 5.41) is 0. The summed E-state index contributed by atoms with van der Waals surface area (Å²) in [7, 11) is 4.75. The Kier molecular flexibility index (Phi) is 7.66. The SMILES string of the molecule is CCOc1cc2c(cc1OC)-c1cc(=Nc3c(C)cc(C)cc3C)n(CC(OC)OC)c(=O)n1CC2. The van der Waals surface area contributed by atoms with Gasteiger partial charge in [-0.1, -0.05) is 17.7 Å². The van der Waals surface area contributed by atoms with Gasteiger partial charge in [-0.15, -0.1) is 0 Å². The van der Waals surface area contributed by atoms with E-state index in [-0.39, 0.29) is 12.2 Å². The second-order valence-electron chi connectivity index (χ2n) is 9.04. The fourth-order valence-electron chi connectivity index (χ4n) is 4.89. The summed E-state index contributed by atoms with van der Waals surface area (Å²) >= 11 is 0. The summed E-state index contributed by atoms with van der Waals surface area (Å²) in [6, 6.07) is 10.1. The third-order valence-electron chi connectivity index (χ3n) is 6.58. The van der Waals surface area contributed by atoms with Crippen LogP contribution in [-0.4, -0.2) is 43.4 Å². The first-order valence-electron chi connectivity index (χ1n) is 12.2. The summed E-state index contributed by atoms with van der Waals surface area (Å²) < 4.78 is 25.7. The van der Waals surface area contributed by atoms with Crippen LogP contribution in [0.5, 0.6) is 11.5 Å². The molecule has 3 aromatic rings. The third-order valence-corrected chi connectivity index (χ3v) is 6.58. The molecule has 0 N–H and O–H groups in total. The molecule has 0 unspecified atom stereocenters. The minimum atomic E-state index is -0.583. The van der Waals surface area contributed by atoms with Gasteiger partial charge in [0, 0.05) is 32.4 Å². The monoisotopic (exact) mass is 493 g/mol. The van der Waals surface area contributed by atoms with Gasteiger partial charge in [-0.2, -0.15) is 0 Å². The minimum Gasteiger partial charge on any atom is -0.493 e. The van der Waals surface area contributed by atoms with E-state index in [1.54, 1.807) is 30.5 Å². The van der Waals surface area contributed by atoms with Crippen LogP contribution in [0.15, 0.2) is 40.1 Å². The van der Waals surface area contributed by atoms with Crippen LogP contribution >= 0.6 is 0 Å². The molecule has 0 bridgehead atoms. The number of aryl methyl sites for hydroxylation is 4. The molecular weight excluding hydrogens is 458 g/mol. The van der Waals surface area contributed by atoms with Gasteiger partial charge in [0.15, 0.2) is 17.8 Å². The zero-order valence-corrected chi connectivity index (χ0v) is 22.2. The highest BCUT2D eigenvalue weighted by molar-refractivity contribution is 5.70. The number of benzene rings is 2. The lowest BCUT2D eigenvalue weighted by Crippen LogP contribution is -2.44. The van der Waals surface area contributed by atoms with Gasteiger partial charge in [0.2, 0.25) is 0 Å². The zero-order chi connectivity index (χ0) is 26.0. The number of hydrogen-bond acceptors (Lipinski definition) is 6. The molecule has 1 aliphatic rings. The van der Waals surface area contributed by atoms with E-state index in [0.29, 0.717) is 36.6 Å². The van der Waals surface area contributed by atoms with E-state index in [1.165, 1.54) is 5.56 Å². The molecule has 0 spiro atoms. The minimum absolute atomic E-state index is 0.161. The summed E-state index contributed by atoms with van der Waals surface area (Å²) in [5.41, 5.74) is 7.36. The Hall–Kier alpha value is -3.36. The van der Waals surface area contributed by atoms with Gasteiger partial charge in [0.1, 0.15) is 5.49 Å². The van der Waals surface area contributed by atoms with Crippen molar-refractivity contribution in [2.24, 2.45) is 4.99 Å². The van der Waals surface area contributed by atoms with Crippen LogP contribution in [0, 0.1) is 20.8 Å². The number of ether oxygens (including phenoxy) is 4. The van der Waals surface area contributed by atoms with Crippen LogP contribution in [0.4, 0.5) is 5.69 Å². The lowest BCUT2D eigenvalue weighted by atomic mass is 9.97. The lowest BCUT2D eigenvalue weighted by Gasteiger charge is -2.25. The van der Waals surface area contributed by atoms with Crippen molar-refractivity contribution in [3.05, 3.63) is 68.6 Å². The normalized spacial score (nSPS) is 13.1. The topological polar surface area (TPSA) is 76.2 Å². The Bertz CT molecular complexity index is 1380. The van der Waals surface area contributed by atoms with E-state index in [9.17, 15) is 4.79 Å². The Morgan fingerprint density at radius 1 is 0.972 bits per heavy atom. The van der Waals surface area contributed by atoms with Gasteiger partial charge in [-0.3, -0.25) is 9.13 Å². The Balaban J connectivity index is 2.01. The summed E-state index contributed by atoms with van der Waals surface area (Å²) in [6.07, 6.45) is 0.122. The highest BCUT2D eigenvalue weighted by atomic mass is 16.7. The second kappa shape index (κ2) is 10.7. The van der Waals surface area contributed by atoms with E-state index in [4.69, 9.17) is 23.9 Å². The maximum Gasteiger partial charge on any atom is 0.330 e. The van der Waals surface area contributed by atoms with Crippen molar-refractivity contribution < 1.29 is 18.9 Å². The van der Waals surface area contributed by atoms with Gasteiger partial charge in [0.05, 0.1) is 31.6 Å². The number of fused-ring (bicyclic) bond motifs is 3. The van der Waals surface area contributed by atoms with Gasteiger partial charge >= 0.3 is 5.69 Å². The predicted molar refractivity (Wildman–Crippen MR) is 139 cm³/mol. The molecule has 192 valence electrons. The molecule has 8 heteroatoms. The van der Waals surface area contributed by atoms with Gasteiger partial charge in [-0.05, 0) is 62.9 Å². The molecule has 1 aliphatic heterocycles. The number of nitrogens with zero attached hydrogens (tertiary/aromatic N) is 3. The molecule has 0 fully saturated rings. The van der Waals surface area contributed by atoms with E-state index in [0.717, 1.165) is 33.6 Å². The fourth-order valence-corrected chi connectivity index (χ4v) is 4.89.